The molecule has 0 spiro atoms. The van der Waals surface area contributed by atoms with Crippen LogP contribution in [0.15, 0.2) is 6.20 Å². The first kappa shape index (κ1) is 13.1. The van der Waals surface area contributed by atoms with Crippen LogP contribution in [0.5, 0.6) is 0 Å². The molecule has 7 heteroatoms. The minimum absolute atomic E-state index is 0.518. The lowest BCUT2D eigenvalue weighted by molar-refractivity contribution is 0.252. The van der Waals surface area contributed by atoms with Crippen molar-refractivity contribution >= 4 is 22.8 Å². The average Bonchev–Trinajstić information content (AvgIpc) is 2.94. The molecule has 0 aliphatic carbocycles. The van der Waals surface area contributed by atoms with Gasteiger partial charge in [-0.2, -0.15) is 15.1 Å². The molecule has 0 radical (unpaired) electrons. The Morgan fingerprint density at radius 3 is 2.80 bits per heavy atom. The van der Waals surface area contributed by atoms with Crippen LogP contribution in [0.3, 0.4) is 0 Å². The molecule has 1 aliphatic heterocycles. The van der Waals surface area contributed by atoms with Crippen molar-refractivity contribution in [3.8, 4) is 0 Å². The maximum absolute atomic E-state index is 4.62. The normalized spacial score (nSPS) is 17.6. The number of likely N-dealkylation sites (tertiary alicyclic amines) is 1. The van der Waals surface area contributed by atoms with Crippen molar-refractivity contribution in [3.05, 3.63) is 6.20 Å². The van der Waals surface area contributed by atoms with E-state index in [1.54, 1.807) is 6.20 Å². The van der Waals surface area contributed by atoms with Crippen molar-refractivity contribution in [2.45, 2.75) is 18.9 Å². The summed E-state index contributed by atoms with van der Waals surface area (Å²) in [5, 5.41) is 11.0. The molecule has 0 aromatic carbocycles. The van der Waals surface area contributed by atoms with Gasteiger partial charge >= 0.3 is 0 Å². The highest BCUT2D eigenvalue weighted by molar-refractivity contribution is 5.87. The maximum atomic E-state index is 4.62. The van der Waals surface area contributed by atoms with Crippen LogP contribution < -0.4 is 10.2 Å². The van der Waals surface area contributed by atoms with Crippen LogP contribution in [0.4, 0.5) is 11.8 Å². The van der Waals surface area contributed by atoms with Crippen molar-refractivity contribution in [2.75, 3.05) is 44.4 Å². The van der Waals surface area contributed by atoms with Gasteiger partial charge in [-0.15, -0.1) is 0 Å². The fraction of sp³-hybridized carbons (Fsp3) is 0.615. The number of aromatic nitrogens is 4. The Hall–Kier alpha value is -1.89. The third kappa shape index (κ3) is 2.29. The second kappa shape index (κ2) is 5.24. The van der Waals surface area contributed by atoms with Gasteiger partial charge in [-0.1, -0.05) is 0 Å². The van der Waals surface area contributed by atoms with Gasteiger partial charge in [0.15, 0.2) is 5.65 Å². The van der Waals surface area contributed by atoms with Crippen molar-refractivity contribution in [1.82, 2.24) is 25.1 Å². The summed E-state index contributed by atoms with van der Waals surface area (Å²) in [5.41, 5.74) is 0.777. The zero-order chi connectivity index (χ0) is 14.1. The van der Waals surface area contributed by atoms with E-state index in [1.807, 2.05) is 7.05 Å². The molecule has 1 aliphatic rings. The summed E-state index contributed by atoms with van der Waals surface area (Å²) >= 11 is 0. The molecule has 2 aromatic heterocycles. The summed E-state index contributed by atoms with van der Waals surface area (Å²) in [6, 6.07) is 0.518. The van der Waals surface area contributed by atoms with Crippen LogP contribution in [0.2, 0.25) is 0 Å². The topological polar surface area (TPSA) is 73.0 Å². The predicted octanol–water partition coefficient (Wildman–Crippen LogP) is 0.925. The number of nitrogens with one attached hydrogen (secondary N) is 2. The average molecular weight is 275 g/mol. The lowest BCUT2D eigenvalue weighted by Gasteiger charge is -2.35. The van der Waals surface area contributed by atoms with Crippen molar-refractivity contribution in [2.24, 2.45) is 0 Å². The van der Waals surface area contributed by atoms with Crippen LogP contribution in [0.1, 0.15) is 12.8 Å². The monoisotopic (exact) mass is 275 g/mol. The lowest BCUT2D eigenvalue weighted by Crippen LogP contribution is -2.42. The smallest absolute Gasteiger partial charge is 0.226 e. The van der Waals surface area contributed by atoms with E-state index >= 15 is 0 Å². The Morgan fingerprint density at radius 1 is 1.35 bits per heavy atom. The summed E-state index contributed by atoms with van der Waals surface area (Å²) in [6.45, 7) is 2.26. The van der Waals surface area contributed by atoms with E-state index in [2.05, 4.69) is 49.4 Å². The van der Waals surface area contributed by atoms with Crippen LogP contribution in [0, 0.1) is 0 Å². The largest absolute Gasteiger partial charge is 0.357 e. The van der Waals surface area contributed by atoms with Gasteiger partial charge in [0, 0.05) is 20.1 Å². The SMILES string of the molecule is CNc1nc(N(C)C2CCN(C)CC2)c2cn[nH]c2n1. The molecule has 7 nitrogen and oxygen atoms in total. The van der Waals surface area contributed by atoms with Gasteiger partial charge in [-0.05, 0) is 33.0 Å². The Balaban J connectivity index is 1.93. The number of rotatable bonds is 3. The van der Waals surface area contributed by atoms with E-state index in [0.29, 0.717) is 12.0 Å². The molecular formula is C13H21N7. The van der Waals surface area contributed by atoms with Crippen LogP contribution in [0.25, 0.3) is 11.0 Å². The van der Waals surface area contributed by atoms with E-state index in [9.17, 15) is 0 Å². The van der Waals surface area contributed by atoms with E-state index < -0.39 is 0 Å². The highest BCUT2D eigenvalue weighted by Gasteiger charge is 2.23. The Labute approximate surface area is 118 Å². The summed E-state index contributed by atoms with van der Waals surface area (Å²) in [4.78, 5) is 13.6. The van der Waals surface area contributed by atoms with Crippen LogP contribution in [-0.4, -0.2) is 65.3 Å². The highest BCUT2D eigenvalue weighted by Crippen LogP contribution is 2.27. The zero-order valence-electron chi connectivity index (χ0n) is 12.2. The number of nitrogens with zero attached hydrogens (tertiary/aromatic N) is 5. The maximum Gasteiger partial charge on any atom is 0.226 e. The van der Waals surface area contributed by atoms with Crippen molar-refractivity contribution in [3.63, 3.8) is 0 Å². The summed E-state index contributed by atoms with van der Waals surface area (Å²) in [6.07, 6.45) is 4.12. The van der Waals surface area contributed by atoms with Gasteiger partial charge in [0.2, 0.25) is 5.95 Å². The number of H-pyrrole nitrogens is 1. The van der Waals surface area contributed by atoms with Crippen LogP contribution in [-0.2, 0) is 0 Å². The first-order valence-electron chi connectivity index (χ1n) is 6.99. The second-order valence-electron chi connectivity index (χ2n) is 5.40. The summed E-state index contributed by atoms with van der Waals surface area (Å²) in [7, 11) is 6.12. The molecule has 0 atom stereocenters. The number of hydrogen-bond acceptors (Lipinski definition) is 6. The van der Waals surface area contributed by atoms with Gasteiger partial charge < -0.3 is 15.1 Å². The third-order valence-electron chi connectivity index (χ3n) is 4.08. The van der Waals surface area contributed by atoms with Gasteiger partial charge in [0.05, 0.1) is 11.6 Å². The number of hydrogen-bond donors (Lipinski definition) is 2. The molecule has 20 heavy (non-hydrogen) atoms. The molecule has 108 valence electrons. The quantitative estimate of drug-likeness (QED) is 0.868. The van der Waals surface area contributed by atoms with E-state index in [-0.39, 0.29) is 0 Å². The molecule has 1 fully saturated rings. The minimum Gasteiger partial charge on any atom is -0.357 e. The molecular weight excluding hydrogens is 254 g/mol. The molecule has 0 unspecified atom stereocenters. The second-order valence-corrected chi connectivity index (χ2v) is 5.40. The van der Waals surface area contributed by atoms with Gasteiger partial charge in [0.25, 0.3) is 0 Å². The van der Waals surface area contributed by atoms with Crippen molar-refractivity contribution in [1.29, 1.82) is 0 Å². The van der Waals surface area contributed by atoms with E-state index in [1.165, 1.54) is 0 Å². The van der Waals surface area contributed by atoms with E-state index in [0.717, 1.165) is 42.8 Å². The fourth-order valence-electron chi connectivity index (χ4n) is 2.76. The minimum atomic E-state index is 0.518. The number of anilines is 2. The number of piperidine rings is 1. The molecule has 0 bridgehead atoms. The molecule has 2 aromatic rings. The Morgan fingerprint density at radius 2 is 2.10 bits per heavy atom. The van der Waals surface area contributed by atoms with Gasteiger partial charge in [-0.3, -0.25) is 5.10 Å². The summed E-state index contributed by atoms with van der Waals surface area (Å²) < 4.78 is 0. The molecule has 3 heterocycles. The molecule has 1 saturated heterocycles. The van der Waals surface area contributed by atoms with E-state index in [4.69, 9.17) is 0 Å². The molecule has 3 rings (SSSR count). The Kier molecular flexibility index (Phi) is 3.43. The standard InChI is InChI=1S/C13H21N7/c1-14-13-16-11-10(8-15-18-11)12(17-13)20(3)9-4-6-19(2)7-5-9/h8-9H,4-7H2,1-3H3,(H2,14,15,16,17,18). The molecule has 2 N–H and O–H groups in total. The van der Waals surface area contributed by atoms with Crippen LogP contribution >= 0.6 is 0 Å². The molecule has 0 saturated carbocycles. The summed E-state index contributed by atoms with van der Waals surface area (Å²) in [5.74, 6) is 1.57. The predicted molar refractivity (Wildman–Crippen MR) is 80.2 cm³/mol. The third-order valence-corrected chi connectivity index (χ3v) is 4.08. The number of fused-ring (bicyclic) bond motifs is 1. The highest BCUT2D eigenvalue weighted by atomic mass is 15.3. The first-order valence-corrected chi connectivity index (χ1v) is 6.99. The lowest BCUT2D eigenvalue weighted by atomic mass is 10.0. The van der Waals surface area contributed by atoms with Gasteiger partial charge in [0.1, 0.15) is 5.82 Å². The molecule has 0 amide bonds. The first-order chi connectivity index (χ1) is 9.69. The zero-order valence-corrected chi connectivity index (χ0v) is 12.2. The van der Waals surface area contributed by atoms with Crippen molar-refractivity contribution < 1.29 is 0 Å². The van der Waals surface area contributed by atoms with Gasteiger partial charge in [-0.25, -0.2) is 0 Å². The Bertz CT molecular complexity index is 585. The number of aromatic amines is 1. The fourth-order valence-corrected chi connectivity index (χ4v) is 2.76.